The van der Waals surface area contributed by atoms with Gasteiger partial charge in [0.05, 0.1) is 5.75 Å². The molecule has 0 aromatic heterocycles. The maximum Gasteiger partial charge on any atom is 0.246 e. The zero-order valence-electron chi connectivity index (χ0n) is 13.1. The predicted molar refractivity (Wildman–Crippen MR) is 102 cm³/mol. The Bertz CT molecular complexity index is 722. The van der Waals surface area contributed by atoms with E-state index in [1.165, 1.54) is 11.8 Å². The van der Waals surface area contributed by atoms with Crippen molar-refractivity contribution in [1.82, 2.24) is 0 Å². The van der Waals surface area contributed by atoms with Gasteiger partial charge in [-0.3, -0.25) is 9.59 Å². The number of anilines is 2. The number of primary amides is 1. The number of para-hydroxylation sites is 1. The highest BCUT2D eigenvalue weighted by molar-refractivity contribution is 9.10. The number of hydrogen-bond donors (Lipinski definition) is 3. The van der Waals surface area contributed by atoms with Crippen LogP contribution in [0.5, 0.6) is 0 Å². The molecule has 24 heavy (non-hydrogen) atoms. The molecule has 0 radical (unpaired) electrons. The van der Waals surface area contributed by atoms with Crippen molar-refractivity contribution in [3.63, 3.8) is 0 Å². The van der Waals surface area contributed by atoms with Crippen LogP contribution < -0.4 is 16.4 Å². The fourth-order valence-electron chi connectivity index (χ4n) is 1.94. The molecular formula is C17H18BrN3O2S. The monoisotopic (exact) mass is 407 g/mol. The second-order valence-corrected chi connectivity index (χ2v) is 7.05. The minimum absolute atomic E-state index is 0.146. The number of carbonyl (C=O) groups excluding carboxylic acids is 2. The number of rotatable bonds is 7. The Hall–Kier alpha value is -1.99. The zero-order valence-corrected chi connectivity index (χ0v) is 15.5. The Kier molecular flexibility index (Phi) is 6.69. The van der Waals surface area contributed by atoms with Crippen molar-refractivity contribution < 1.29 is 9.59 Å². The molecule has 126 valence electrons. The summed E-state index contributed by atoms with van der Waals surface area (Å²) in [6.07, 6.45) is 0. The number of carbonyl (C=O) groups is 2. The summed E-state index contributed by atoms with van der Waals surface area (Å²) in [5.41, 5.74) is 6.71. The highest BCUT2D eigenvalue weighted by atomic mass is 79.9. The Morgan fingerprint density at radius 3 is 2.50 bits per heavy atom. The third kappa shape index (κ3) is 5.58. The van der Waals surface area contributed by atoms with Crippen molar-refractivity contribution in [3.05, 3.63) is 53.0 Å². The summed E-state index contributed by atoms with van der Waals surface area (Å²) in [5, 5.41) is 6.03. The van der Waals surface area contributed by atoms with Crippen LogP contribution in [0.1, 0.15) is 6.92 Å². The van der Waals surface area contributed by atoms with E-state index in [-0.39, 0.29) is 17.6 Å². The van der Waals surface area contributed by atoms with Gasteiger partial charge in [-0.25, -0.2) is 0 Å². The van der Waals surface area contributed by atoms with Crippen LogP contribution in [0.3, 0.4) is 0 Å². The van der Waals surface area contributed by atoms with Gasteiger partial charge in [-0.15, -0.1) is 11.8 Å². The van der Waals surface area contributed by atoms with Crippen LogP contribution in [-0.2, 0) is 9.59 Å². The number of nitrogens with two attached hydrogens (primary N) is 1. The SMILES string of the molecule is C[C@H](Nc1ccccc1SCC(N)=O)C(=O)Nc1ccc(Br)cc1. The van der Waals surface area contributed by atoms with E-state index in [0.717, 1.165) is 20.7 Å². The standard InChI is InChI=1S/C17H18BrN3O2S/c1-11(17(23)21-13-8-6-12(18)7-9-13)20-14-4-2-3-5-15(14)24-10-16(19)22/h2-9,11,20H,10H2,1H3,(H2,19,22)(H,21,23)/t11-/m0/s1. The Balaban J connectivity index is 2.00. The topological polar surface area (TPSA) is 84.2 Å². The van der Waals surface area contributed by atoms with Gasteiger partial charge in [0.15, 0.2) is 0 Å². The van der Waals surface area contributed by atoms with Crippen molar-refractivity contribution >= 4 is 50.9 Å². The number of amides is 2. The summed E-state index contributed by atoms with van der Waals surface area (Å²) in [6, 6.07) is 14.4. The maximum atomic E-state index is 12.3. The van der Waals surface area contributed by atoms with Crippen molar-refractivity contribution in [2.75, 3.05) is 16.4 Å². The highest BCUT2D eigenvalue weighted by Crippen LogP contribution is 2.27. The molecule has 0 aliphatic rings. The molecule has 4 N–H and O–H groups in total. The first-order valence-corrected chi connectivity index (χ1v) is 9.06. The van der Waals surface area contributed by atoms with Gasteiger partial charge in [0.1, 0.15) is 6.04 Å². The fourth-order valence-corrected chi connectivity index (χ4v) is 2.96. The molecule has 1 atom stereocenters. The molecule has 0 aliphatic carbocycles. The molecule has 2 rings (SSSR count). The van der Waals surface area contributed by atoms with Gasteiger partial charge in [0.2, 0.25) is 11.8 Å². The molecule has 0 unspecified atom stereocenters. The van der Waals surface area contributed by atoms with E-state index in [1.807, 2.05) is 48.5 Å². The van der Waals surface area contributed by atoms with E-state index in [1.54, 1.807) is 6.92 Å². The van der Waals surface area contributed by atoms with Crippen molar-refractivity contribution in [3.8, 4) is 0 Å². The first kappa shape index (κ1) is 18.4. The molecule has 2 amide bonds. The van der Waals surface area contributed by atoms with Gasteiger partial charge >= 0.3 is 0 Å². The predicted octanol–water partition coefficient (Wildman–Crippen LogP) is 3.47. The molecule has 0 fully saturated rings. The average Bonchev–Trinajstić information content (AvgIpc) is 2.56. The van der Waals surface area contributed by atoms with Gasteiger partial charge in [-0.05, 0) is 43.3 Å². The molecule has 2 aromatic rings. The number of halogens is 1. The Labute approximate surface area is 153 Å². The Morgan fingerprint density at radius 2 is 1.83 bits per heavy atom. The van der Waals surface area contributed by atoms with Crippen molar-refractivity contribution in [1.29, 1.82) is 0 Å². The summed E-state index contributed by atoms with van der Waals surface area (Å²) in [7, 11) is 0. The summed E-state index contributed by atoms with van der Waals surface area (Å²) in [6.45, 7) is 1.78. The van der Waals surface area contributed by atoms with Crippen molar-refractivity contribution in [2.45, 2.75) is 17.9 Å². The average molecular weight is 408 g/mol. The van der Waals surface area contributed by atoms with Gasteiger partial charge in [-0.2, -0.15) is 0 Å². The lowest BCUT2D eigenvalue weighted by Gasteiger charge is -2.17. The molecule has 0 heterocycles. The van der Waals surface area contributed by atoms with E-state index < -0.39 is 6.04 Å². The van der Waals surface area contributed by atoms with E-state index in [0.29, 0.717) is 0 Å². The maximum absolute atomic E-state index is 12.3. The fraction of sp³-hybridized carbons (Fsp3) is 0.176. The lowest BCUT2D eigenvalue weighted by molar-refractivity contribution is -0.117. The molecule has 0 saturated heterocycles. The van der Waals surface area contributed by atoms with Crippen LogP contribution in [0.4, 0.5) is 11.4 Å². The lowest BCUT2D eigenvalue weighted by atomic mass is 10.2. The van der Waals surface area contributed by atoms with Crippen LogP contribution in [0.2, 0.25) is 0 Å². The van der Waals surface area contributed by atoms with Crippen LogP contribution in [0.25, 0.3) is 0 Å². The number of thioether (sulfide) groups is 1. The first-order valence-electron chi connectivity index (χ1n) is 7.29. The van der Waals surface area contributed by atoms with E-state index in [4.69, 9.17) is 5.73 Å². The number of benzene rings is 2. The number of nitrogens with one attached hydrogen (secondary N) is 2. The van der Waals surface area contributed by atoms with Crippen molar-refractivity contribution in [2.24, 2.45) is 5.73 Å². The molecule has 0 spiro atoms. The largest absolute Gasteiger partial charge is 0.373 e. The zero-order chi connectivity index (χ0) is 17.5. The summed E-state index contributed by atoms with van der Waals surface area (Å²) >= 11 is 4.70. The van der Waals surface area contributed by atoms with Gasteiger partial charge in [0.25, 0.3) is 0 Å². The molecule has 5 nitrogen and oxygen atoms in total. The quantitative estimate of drug-likeness (QED) is 0.613. The third-order valence-electron chi connectivity index (χ3n) is 3.13. The normalized spacial score (nSPS) is 11.6. The van der Waals surface area contributed by atoms with E-state index in [9.17, 15) is 9.59 Å². The van der Waals surface area contributed by atoms with Gasteiger partial charge in [0, 0.05) is 20.7 Å². The summed E-state index contributed by atoms with van der Waals surface area (Å²) < 4.78 is 0.951. The molecule has 0 aliphatic heterocycles. The minimum atomic E-state index is -0.441. The third-order valence-corrected chi connectivity index (χ3v) is 4.76. The molecule has 2 aromatic carbocycles. The van der Waals surface area contributed by atoms with E-state index in [2.05, 4.69) is 26.6 Å². The second kappa shape index (κ2) is 8.75. The van der Waals surface area contributed by atoms with Gasteiger partial charge in [-0.1, -0.05) is 28.1 Å². The highest BCUT2D eigenvalue weighted by Gasteiger charge is 2.14. The lowest BCUT2D eigenvalue weighted by Crippen LogP contribution is -2.32. The van der Waals surface area contributed by atoms with Crippen LogP contribution in [0, 0.1) is 0 Å². The smallest absolute Gasteiger partial charge is 0.246 e. The molecule has 0 bridgehead atoms. The van der Waals surface area contributed by atoms with E-state index >= 15 is 0 Å². The van der Waals surface area contributed by atoms with Crippen LogP contribution >= 0.6 is 27.7 Å². The van der Waals surface area contributed by atoms with Gasteiger partial charge < -0.3 is 16.4 Å². The molecule has 0 saturated carbocycles. The van der Waals surface area contributed by atoms with Crippen LogP contribution in [-0.4, -0.2) is 23.6 Å². The number of hydrogen-bond acceptors (Lipinski definition) is 4. The Morgan fingerprint density at radius 1 is 1.17 bits per heavy atom. The summed E-state index contributed by atoms with van der Waals surface area (Å²) in [4.78, 5) is 24.1. The van der Waals surface area contributed by atoms with Crippen LogP contribution in [0.15, 0.2) is 57.9 Å². The molecule has 7 heteroatoms. The minimum Gasteiger partial charge on any atom is -0.373 e. The molecular weight excluding hydrogens is 390 g/mol. The second-order valence-electron chi connectivity index (χ2n) is 5.11. The summed E-state index contributed by atoms with van der Waals surface area (Å²) in [5.74, 6) is -0.333. The first-order chi connectivity index (χ1) is 11.5.